The van der Waals surface area contributed by atoms with E-state index in [0.717, 1.165) is 50.0 Å². The average molecular weight is 578 g/mol. The van der Waals surface area contributed by atoms with Crippen molar-refractivity contribution in [3.8, 4) is 5.75 Å². The van der Waals surface area contributed by atoms with Crippen LogP contribution in [0.1, 0.15) is 31.2 Å². The second kappa shape index (κ2) is 12.6. The topological polar surface area (TPSA) is 124 Å². The number of hydrogen-bond donors (Lipinski definition) is 5. The highest BCUT2D eigenvalue weighted by atomic mass is 35.5. The Morgan fingerprint density at radius 3 is 2.87 bits per heavy atom. The molecule has 0 bridgehead atoms. The van der Waals surface area contributed by atoms with E-state index in [2.05, 4.69) is 30.6 Å². The molecule has 2 heterocycles. The van der Waals surface area contributed by atoms with Crippen LogP contribution in [-0.4, -0.2) is 64.2 Å². The van der Waals surface area contributed by atoms with Gasteiger partial charge in [0.25, 0.3) is 0 Å². The highest BCUT2D eigenvalue weighted by Gasteiger charge is 2.30. The normalized spacial score (nSPS) is 20.8. The van der Waals surface area contributed by atoms with Crippen molar-refractivity contribution >= 4 is 46.0 Å². The summed E-state index contributed by atoms with van der Waals surface area (Å²) in [5.41, 5.74) is 1.95. The molecule has 1 saturated carbocycles. The Labute approximate surface area is 226 Å². The van der Waals surface area contributed by atoms with Crippen LogP contribution in [0.4, 0.5) is 36.3 Å². The van der Waals surface area contributed by atoms with Gasteiger partial charge in [-0.1, -0.05) is 24.4 Å². The quantitative estimate of drug-likeness (QED) is 0.281. The first-order valence-electron chi connectivity index (χ1n) is 12.3. The zero-order valence-corrected chi connectivity index (χ0v) is 22.3. The van der Waals surface area contributed by atoms with E-state index in [0.29, 0.717) is 24.6 Å². The maximum atomic E-state index is 13.0. The fourth-order valence-electron chi connectivity index (χ4n) is 4.72. The lowest BCUT2D eigenvalue weighted by molar-refractivity contribution is -0.153. The Kier molecular flexibility index (Phi) is 9.52. The minimum absolute atomic E-state index is 0.0293. The standard InChI is InChI=1S/C23H31ClF3N7O3S/c1-34-7-6-28-10-15-8-20(37-13-23(25,26)27)18(9-19(15)34)32-22-29-12-16(24)21(33-22)31-17-5-3-2-4-14(17)11-30-38(35)36/h8-9,12,14,17,28,30H,2-7,10-11,13H2,1H3,(H,35,36)(H2,29,31,32,33)/t14-,17-/m1/s1. The first-order chi connectivity index (χ1) is 18.1. The summed E-state index contributed by atoms with van der Waals surface area (Å²) in [6.45, 7) is 0.866. The number of hydrogen-bond acceptors (Lipinski definition) is 8. The summed E-state index contributed by atoms with van der Waals surface area (Å²) in [6, 6.07) is 3.29. The molecule has 15 heteroatoms. The van der Waals surface area contributed by atoms with Crippen molar-refractivity contribution in [2.45, 2.75) is 44.4 Å². The molecule has 1 aliphatic carbocycles. The van der Waals surface area contributed by atoms with Gasteiger partial charge in [0.15, 0.2) is 12.4 Å². The van der Waals surface area contributed by atoms with Crippen LogP contribution in [0, 0.1) is 5.92 Å². The number of fused-ring (bicyclic) bond motifs is 1. The van der Waals surface area contributed by atoms with Crippen molar-refractivity contribution in [2.75, 3.05) is 48.8 Å². The molecular weight excluding hydrogens is 547 g/mol. The molecule has 210 valence electrons. The molecule has 0 saturated heterocycles. The molecule has 2 aliphatic rings. The van der Waals surface area contributed by atoms with Gasteiger partial charge in [-0.3, -0.25) is 4.55 Å². The van der Waals surface area contributed by atoms with Gasteiger partial charge in [0.1, 0.15) is 10.8 Å². The summed E-state index contributed by atoms with van der Waals surface area (Å²) in [4.78, 5) is 10.7. The van der Waals surface area contributed by atoms with Crippen molar-refractivity contribution in [3.05, 3.63) is 28.9 Å². The minimum atomic E-state index is -4.50. The van der Waals surface area contributed by atoms with Crippen LogP contribution < -0.4 is 30.3 Å². The highest BCUT2D eigenvalue weighted by Crippen LogP contribution is 2.37. The van der Waals surface area contributed by atoms with E-state index in [4.69, 9.17) is 20.9 Å². The largest absolute Gasteiger partial charge is 0.482 e. The van der Waals surface area contributed by atoms with Crippen molar-refractivity contribution in [3.63, 3.8) is 0 Å². The summed E-state index contributed by atoms with van der Waals surface area (Å²) in [7, 11) is 1.91. The van der Waals surface area contributed by atoms with Crippen molar-refractivity contribution in [1.82, 2.24) is 20.0 Å². The third-order valence-corrected chi connectivity index (χ3v) is 7.30. The number of nitrogens with one attached hydrogen (secondary N) is 4. The third-order valence-electron chi connectivity index (χ3n) is 6.61. The maximum Gasteiger partial charge on any atom is 0.422 e. The molecule has 0 radical (unpaired) electrons. The Morgan fingerprint density at radius 1 is 1.32 bits per heavy atom. The van der Waals surface area contributed by atoms with Crippen molar-refractivity contribution in [1.29, 1.82) is 0 Å². The van der Waals surface area contributed by atoms with Crippen LogP contribution >= 0.6 is 11.6 Å². The van der Waals surface area contributed by atoms with Gasteiger partial charge in [-0.2, -0.15) is 18.2 Å². The van der Waals surface area contributed by atoms with Gasteiger partial charge >= 0.3 is 6.18 Å². The summed E-state index contributed by atoms with van der Waals surface area (Å²) >= 11 is 4.27. The summed E-state index contributed by atoms with van der Waals surface area (Å²) in [5.74, 6) is 0.602. The van der Waals surface area contributed by atoms with Gasteiger partial charge < -0.3 is 25.6 Å². The highest BCUT2D eigenvalue weighted by molar-refractivity contribution is 7.77. The van der Waals surface area contributed by atoms with E-state index in [1.165, 1.54) is 6.20 Å². The van der Waals surface area contributed by atoms with Gasteiger partial charge in [0.05, 0.1) is 11.9 Å². The van der Waals surface area contributed by atoms with E-state index in [1.807, 2.05) is 11.9 Å². The number of alkyl halides is 3. The van der Waals surface area contributed by atoms with Crippen LogP contribution in [0.25, 0.3) is 0 Å². The molecule has 1 unspecified atom stereocenters. The molecule has 10 nitrogen and oxygen atoms in total. The van der Waals surface area contributed by atoms with Gasteiger partial charge in [-0.25, -0.2) is 13.9 Å². The lowest BCUT2D eigenvalue weighted by Crippen LogP contribution is -2.39. The number of ether oxygens (including phenoxy) is 1. The van der Waals surface area contributed by atoms with E-state index < -0.39 is 24.0 Å². The number of anilines is 4. The molecule has 3 atom stereocenters. The summed E-state index contributed by atoms with van der Waals surface area (Å²) in [5, 5.41) is 9.87. The van der Waals surface area contributed by atoms with E-state index in [1.54, 1.807) is 12.1 Å². The van der Waals surface area contributed by atoms with E-state index in [9.17, 15) is 17.4 Å². The van der Waals surface area contributed by atoms with E-state index in [-0.39, 0.29) is 28.7 Å². The number of nitrogens with zero attached hydrogens (tertiary/aromatic N) is 3. The molecule has 0 spiro atoms. The van der Waals surface area contributed by atoms with Crippen LogP contribution in [0.15, 0.2) is 18.3 Å². The van der Waals surface area contributed by atoms with Gasteiger partial charge in [0.2, 0.25) is 17.2 Å². The molecule has 1 fully saturated rings. The monoisotopic (exact) mass is 577 g/mol. The lowest BCUT2D eigenvalue weighted by Gasteiger charge is -2.32. The molecule has 4 rings (SSSR count). The summed E-state index contributed by atoms with van der Waals surface area (Å²) in [6.07, 6.45) is 0.605. The van der Waals surface area contributed by atoms with E-state index >= 15 is 0 Å². The molecule has 1 aromatic carbocycles. The second-order valence-electron chi connectivity index (χ2n) is 9.39. The predicted octanol–water partition coefficient (Wildman–Crippen LogP) is 4.05. The molecule has 0 amide bonds. The van der Waals surface area contributed by atoms with Gasteiger partial charge in [-0.05, 0) is 36.5 Å². The SMILES string of the molecule is CN1CCNCc2cc(OCC(F)(F)F)c(Nc3ncc(Cl)c(N[C@@H]4CCCC[C@@H]4CNS(=O)O)n3)cc21. The molecular formula is C23H31ClF3N7O3S. The van der Waals surface area contributed by atoms with Crippen LogP contribution in [0.2, 0.25) is 5.02 Å². The first kappa shape index (κ1) is 28.6. The maximum absolute atomic E-state index is 13.0. The average Bonchev–Trinajstić information content (AvgIpc) is 3.04. The molecule has 1 aromatic heterocycles. The number of rotatable bonds is 9. The van der Waals surface area contributed by atoms with Crippen LogP contribution in [0.3, 0.4) is 0 Å². The Balaban J connectivity index is 1.59. The molecule has 1 aliphatic heterocycles. The summed E-state index contributed by atoms with van der Waals surface area (Å²) < 4.78 is 66.8. The van der Waals surface area contributed by atoms with Crippen molar-refractivity contribution in [2.24, 2.45) is 5.92 Å². The smallest absolute Gasteiger partial charge is 0.422 e. The fourth-order valence-corrected chi connectivity index (χ4v) is 5.22. The van der Waals surface area contributed by atoms with Gasteiger partial charge in [-0.15, -0.1) is 0 Å². The van der Waals surface area contributed by atoms with Crippen LogP contribution in [0.5, 0.6) is 5.75 Å². The number of aromatic nitrogens is 2. The Hall–Kier alpha value is -2.39. The first-order valence-corrected chi connectivity index (χ1v) is 13.8. The fraction of sp³-hybridized carbons (Fsp3) is 0.565. The number of likely N-dealkylation sites (N-methyl/N-ethyl adjacent to an activating group) is 1. The molecule has 2 aromatic rings. The Bertz CT molecular complexity index is 1140. The Morgan fingerprint density at radius 2 is 2.11 bits per heavy atom. The minimum Gasteiger partial charge on any atom is -0.482 e. The third kappa shape index (κ3) is 7.82. The number of halogens is 4. The van der Waals surface area contributed by atoms with Crippen LogP contribution in [-0.2, 0) is 17.8 Å². The molecule has 5 N–H and O–H groups in total. The predicted molar refractivity (Wildman–Crippen MR) is 141 cm³/mol. The van der Waals surface area contributed by atoms with Crippen molar-refractivity contribution < 1.29 is 26.7 Å². The lowest BCUT2D eigenvalue weighted by atomic mass is 9.84. The molecule has 38 heavy (non-hydrogen) atoms. The zero-order valence-electron chi connectivity index (χ0n) is 20.8. The number of benzene rings is 1. The van der Waals surface area contributed by atoms with Gasteiger partial charge in [0, 0.05) is 45.0 Å². The zero-order chi connectivity index (χ0) is 27.3. The second-order valence-corrected chi connectivity index (χ2v) is 10.6.